The molecule has 2 aromatic rings. The Morgan fingerprint density at radius 3 is 2.51 bits per heavy atom. The average molecular weight is 517 g/mol. The number of aromatic nitrogens is 1. The Morgan fingerprint density at radius 2 is 1.92 bits per heavy atom. The monoisotopic (exact) mass is 516 g/mol. The number of carbonyl (C=O) groups is 2. The summed E-state index contributed by atoms with van der Waals surface area (Å²) in [6.45, 7) is 14.6. The fraction of sp³-hybridized carbons (Fsp3) is 0.370. The van der Waals surface area contributed by atoms with Crippen LogP contribution in [0.5, 0.6) is 5.75 Å². The van der Waals surface area contributed by atoms with Gasteiger partial charge in [-0.25, -0.2) is 8.78 Å². The Kier molecular flexibility index (Phi) is 10.6. The van der Waals surface area contributed by atoms with Gasteiger partial charge < -0.3 is 20.8 Å². The molecule has 0 aliphatic rings. The van der Waals surface area contributed by atoms with E-state index < -0.39 is 34.9 Å². The van der Waals surface area contributed by atoms with E-state index in [2.05, 4.69) is 29.2 Å². The first-order chi connectivity index (χ1) is 17.5. The van der Waals surface area contributed by atoms with Gasteiger partial charge in [-0.2, -0.15) is 0 Å². The number of benzene rings is 1. The van der Waals surface area contributed by atoms with Crippen molar-refractivity contribution in [3.05, 3.63) is 87.9 Å². The summed E-state index contributed by atoms with van der Waals surface area (Å²) in [5.74, 6) is -3.32. The van der Waals surface area contributed by atoms with Crippen LogP contribution in [0.15, 0.2) is 54.0 Å². The molecular formula is C27H34F2N4O4. The predicted molar refractivity (Wildman–Crippen MR) is 139 cm³/mol. The molecular weight excluding hydrogens is 482 g/mol. The van der Waals surface area contributed by atoms with Gasteiger partial charge in [0.05, 0.1) is 12.6 Å². The van der Waals surface area contributed by atoms with Crippen LogP contribution >= 0.6 is 0 Å². The molecule has 0 saturated heterocycles. The molecule has 2 amide bonds. The number of amides is 2. The van der Waals surface area contributed by atoms with Crippen molar-refractivity contribution in [2.45, 2.75) is 59.2 Å². The molecule has 0 bridgehead atoms. The number of ether oxygens (including phenoxy) is 1. The molecule has 8 nitrogen and oxygen atoms in total. The van der Waals surface area contributed by atoms with Gasteiger partial charge in [-0.3, -0.25) is 19.1 Å². The molecule has 1 heterocycles. The Bertz CT molecular complexity index is 1230. The van der Waals surface area contributed by atoms with E-state index in [0.29, 0.717) is 12.5 Å². The second-order valence-electron chi connectivity index (χ2n) is 8.74. The second-order valence-corrected chi connectivity index (χ2v) is 8.74. The molecule has 2 atom stereocenters. The standard InChI is InChI=1S/C27H34F2N4O4/c1-7-9-12-37-25-23(27(36)31-17(5)8-2)33(32-18(6)16(3)4)15-21(24(25)34)26(35)30-14-19-10-11-20(28)13-22(19)29/h8,10-11,13,15,17-18,32H,2-3,7,9,12,14H2,1,4-6H3,(H,30,35)(H,31,36)/t17-,18?/m0/s1. The van der Waals surface area contributed by atoms with E-state index >= 15 is 0 Å². The Labute approximate surface area is 215 Å². The van der Waals surface area contributed by atoms with Crippen molar-refractivity contribution in [2.75, 3.05) is 12.0 Å². The van der Waals surface area contributed by atoms with E-state index in [9.17, 15) is 23.2 Å². The summed E-state index contributed by atoms with van der Waals surface area (Å²) in [7, 11) is 0. The molecule has 0 saturated carbocycles. The first kappa shape index (κ1) is 29.3. The fourth-order valence-electron chi connectivity index (χ4n) is 3.11. The summed E-state index contributed by atoms with van der Waals surface area (Å²) in [5, 5.41) is 5.20. The van der Waals surface area contributed by atoms with Crippen molar-refractivity contribution >= 4 is 11.8 Å². The van der Waals surface area contributed by atoms with Crippen LogP contribution in [-0.4, -0.2) is 35.2 Å². The zero-order chi connectivity index (χ0) is 27.7. The van der Waals surface area contributed by atoms with E-state index in [4.69, 9.17) is 4.74 Å². The van der Waals surface area contributed by atoms with Gasteiger partial charge in [-0.15, -0.1) is 6.58 Å². The third-order valence-corrected chi connectivity index (χ3v) is 5.61. The summed E-state index contributed by atoms with van der Waals surface area (Å²) in [4.78, 5) is 39.7. The molecule has 0 aliphatic heterocycles. The maximum Gasteiger partial charge on any atom is 0.274 e. The number of hydrogen-bond donors (Lipinski definition) is 3. The number of hydrogen-bond acceptors (Lipinski definition) is 5. The van der Waals surface area contributed by atoms with E-state index in [1.165, 1.54) is 23.0 Å². The highest BCUT2D eigenvalue weighted by molar-refractivity contribution is 5.99. The third kappa shape index (κ3) is 7.77. The average Bonchev–Trinajstić information content (AvgIpc) is 2.84. The molecule has 2 rings (SSSR count). The van der Waals surface area contributed by atoms with Crippen LogP contribution in [0.25, 0.3) is 0 Å². The number of halogens is 2. The molecule has 0 fully saturated rings. The lowest BCUT2D eigenvalue weighted by Crippen LogP contribution is -2.40. The molecule has 1 aromatic heterocycles. The minimum absolute atomic E-state index is 0.0398. The van der Waals surface area contributed by atoms with Gasteiger partial charge in [-0.1, -0.05) is 37.6 Å². The Morgan fingerprint density at radius 1 is 1.22 bits per heavy atom. The highest BCUT2D eigenvalue weighted by Crippen LogP contribution is 2.18. The predicted octanol–water partition coefficient (Wildman–Crippen LogP) is 4.05. The third-order valence-electron chi connectivity index (χ3n) is 5.61. The maximum absolute atomic E-state index is 14.0. The van der Waals surface area contributed by atoms with Crippen LogP contribution < -0.4 is 26.2 Å². The summed E-state index contributed by atoms with van der Waals surface area (Å²) in [5.41, 5.74) is 2.57. The quantitative estimate of drug-likeness (QED) is 0.276. The van der Waals surface area contributed by atoms with Crippen molar-refractivity contribution < 1.29 is 23.1 Å². The van der Waals surface area contributed by atoms with Gasteiger partial charge in [0.15, 0.2) is 11.4 Å². The van der Waals surface area contributed by atoms with E-state index in [0.717, 1.165) is 18.1 Å². The molecule has 0 radical (unpaired) electrons. The van der Waals surface area contributed by atoms with Crippen LogP contribution in [0.2, 0.25) is 0 Å². The molecule has 37 heavy (non-hydrogen) atoms. The largest absolute Gasteiger partial charge is 0.487 e. The number of rotatable bonds is 13. The fourth-order valence-corrected chi connectivity index (χ4v) is 3.11. The van der Waals surface area contributed by atoms with Gasteiger partial charge in [0.1, 0.15) is 17.2 Å². The van der Waals surface area contributed by atoms with E-state index in [1.807, 2.05) is 6.92 Å². The number of carbonyl (C=O) groups excluding carboxylic acids is 2. The van der Waals surface area contributed by atoms with Crippen molar-refractivity contribution in [1.29, 1.82) is 0 Å². The first-order valence-corrected chi connectivity index (χ1v) is 12.0. The van der Waals surface area contributed by atoms with E-state index in [-0.39, 0.29) is 41.8 Å². The number of pyridine rings is 1. The molecule has 0 spiro atoms. The molecule has 200 valence electrons. The molecule has 0 aliphatic carbocycles. The Hall–Kier alpha value is -3.95. The van der Waals surface area contributed by atoms with Gasteiger partial charge in [0.25, 0.3) is 11.8 Å². The smallest absolute Gasteiger partial charge is 0.274 e. The summed E-state index contributed by atoms with van der Waals surface area (Å²) < 4.78 is 34.3. The van der Waals surface area contributed by atoms with Gasteiger partial charge in [0.2, 0.25) is 5.43 Å². The first-order valence-electron chi connectivity index (χ1n) is 12.0. The second kappa shape index (κ2) is 13.4. The normalized spacial score (nSPS) is 12.3. The highest BCUT2D eigenvalue weighted by atomic mass is 19.1. The highest BCUT2D eigenvalue weighted by Gasteiger charge is 2.27. The lowest BCUT2D eigenvalue weighted by atomic mass is 10.1. The van der Waals surface area contributed by atoms with E-state index in [1.54, 1.807) is 20.8 Å². The zero-order valence-corrected chi connectivity index (χ0v) is 21.6. The van der Waals surface area contributed by atoms with Crippen LogP contribution in [0.3, 0.4) is 0 Å². The lowest BCUT2D eigenvalue weighted by molar-refractivity contribution is 0.0921. The SMILES string of the molecule is C=C[C@H](C)NC(=O)c1c(OCCCC)c(=O)c(C(=O)NCc2ccc(F)cc2F)cn1NC(C)C(=C)C. The van der Waals surface area contributed by atoms with Crippen molar-refractivity contribution in [3.8, 4) is 5.75 Å². The number of nitrogens with zero attached hydrogens (tertiary/aromatic N) is 1. The van der Waals surface area contributed by atoms with Gasteiger partial charge in [0, 0.05) is 30.4 Å². The number of unbranched alkanes of at least 4 members (excludes halogenated alkanes) is 1. The molecule has 10 heteroatoms. The topological polar surface area (TPSA) is 101 Å². The van der Waals surface area contributed by atoms with Crippen molar-refractivity contribution in [2.24, 2.45) is 0 Å². The molecule has 1 unspecified atom stereocenters. The minimum atomic E-state index is -0.832. The van der Waals surface area contributed by atoms with Crippen molar-refractivity contribution in [1.82, 2.24) is 15.3 Å². The maximum atomic E-state index is 14.0. The van der Waals surface area contributed by atoms with Crippen LogP contribution in [0.4, 0.5) is 8.78 Å². The van der Waals surface area contributed by atoms with Gasteiger partial charge in [-0.05, 0) is 33.3 Å². The molecule has 3 N–H and O–H groups in total. The lowest BCUT2D eigenvalue weighted by Gasteiger charge is -2.24. The summed E-state index contributed by atoms with van der Waals surface area (Å²) in [6, 6.07) is 2.21. The van der Waals surface area contributed by atoms with Crippen LogP contribution in [0, 0.1) is 11.6 Å². The summed E-state index contributed by atoms with van der Waals surface area (Å²) >= 11 is 0. The minimum Gasteiger partial charge on any atom is -0.487 e. The zero-order valence-electron chi connectivity index (χ0n) is 21.6. The van der Waals surface area contributed by atoms with Crippen molar-refractivity contribution in [3.63, 3.8) is 0 Å². The van der Waals surface area contributed by atoms with Crippen LogP contribution in [0.1, 0.15) is 66.9 Å². The van der Waals surface area contributed by atoms with Crippen LogP contribution in [-0.2, 0) is 6.54 Å². The summed E-state index contributed by atoms with van der Waals surface area (Å²) in [6.07, 6.45) is 4.10. The molecule has 1 aromatic carbocycles. The van der Waals surface area contributed by atoms with Gasteiger partial charge >= 0.3 is 0 Å². The Balaban J connectivity index is 2.59. The number of nitrogens with one attached hydrogen (secondary N) is 3.